The summed E-state index contributed by atoms with van der Waals surface area (Å²) in [4.78, 5) is 24.2. The lowest BCUT2D eigenvalue weighted by Crippen LogP contribution is -2.26. The molecule has 0 aromatic heterocycles. The van der Waals surface area contributed by atoms with Crippen LogP contribution in [0.1, 0.15) is 37.0 Å². The van der Waals surface area contributed by atoms with Crippen molar-refractivity contribution in [3.05, 3.63) is 33.9 Å². The Hall–Kier alpha value is -1.91. The fourth-order valence-electron chi connectivity index (χ4n) is 2.21. The van der Waals surface area contributed by atoms with Crippen molar-refractivity contribution in [3.63, 3.8) is 0 Å². The number of anilines is 1. The van der Waals surface area contributed by atoms with E-state index in [1.165, 1.54) is 31.9 Å². The van der Waals surface area contributed by atoms with E-state index in [-0.39, 0.29) is 11.5 Å². The quantitative estimate of drug-likeness (QED) is 0.449. The van der Waals surface area contributed by atoms with E-state index in [0.717, 1.165) is 18.8 Å². The maximum absolute atomic E-state index is 11.7. The van der Waals surface area contributed by atoms with E-state index in [0.29, 0.717) is 11.5 Å². The first-order valence-electron chi connectivity index (χ1n) is 6.57. The summed E-state index contributed by atoms with van der Waals surface area (Å²) in [6.07, 6.45) is 2.47. The Morgan fingerprint density at radius 3 is 2.63 bits per heavy atom. The number of Topliss-reactive ketones (excluding diaryl/α,β-unsaturated/α-hetero) is 1. The van der Waals surface area contributed by atoms with Gasteiger partial charge in [-0.05, 0) is 38.7 Å². The fourth-order valence-corrected chi connectivity index (χ4v) is 2.21. The summed E-state index contributed by atoms with van der Waals surface area (Å²) in [6.45, 7) is 5.21. The van der Waals surface area contributed by atoms with Crippen molar-refractivity contribution >= 4 is 17.2 Å². The van der Waals surface area contributed by atoms with Crippen molar-refractivity contribution in [1.82, 2.24) is 0 Å². The van der Waals surface area contributed by atoms with E-state index < -0.39 is 4.92 Å². The molecule has 0 bridgehead atoms. The van der Waals surface area contributed by atoms with Crippen LogP contribution in [0.5, 0.6) is 0 Å². The second kappa shape index (κ2) is 5.38. The highest BCUT2D eigenvalue weighted by Gasteiger charge is 2.26. The molecule has 1 aliphatic carbocycles. The van der Waals surface area contributed by atoms with Crippen LogP contribution in [-0.2, 0) is 0 Å². The third kappa shape index (κ3) is 3.10. The lowest BCUT2D eigenvalue weighted by Gasteiger charge is -2.25. The second-order valence-electron chi connectivity index (χ2n) is 5.00. The molecule has 0 aliphatic heterocycles. The Kier molecular flexibility index (Phi) is 3.83. The third-order valence-corrected chi connectivity index (χ3v) is 3.47. The molecule has 1 saturated carbocycles. The monoisotopic (exact) mass is 262 g/mol. The summed E-state index contributed by atoms with van der Waals surface area (Å²) in [7, 11) is 0. The van der Waals surface area contributed by atoms with E-state index in [9.17, 15) is 14.9 Å². The largest absolute Gasteiger partial charge is 0.371 e. The molecule has 5 nitrogen and oxygen atoms in total. The van der Waals surface area contributed by atoms with Gasteiger partial charge in [0.25, 0.3) is 5.69 Å². The summed E-state index contributed by atoms with van der Waals surface area (Å²) >= 11 is 0. The van der Waals surface area contributed by atoms with Gasteiger partial charge in [0.1, 0.15) is 0 Å². The number of nitrogens with zero attached hydrogens (tertiary/aromatic N) is 2. The van der Waals surface area contributed by atoms with Crippen molar-refractivity contribution < 1.29 is 9.72 Å². The standard InChI is InChI=1S/C14H18N2O3/c1-3-15(9-11-4-5-11)14-7-6-12(16(18)19)8-13(14)10(2)17/h6-8,11H,3-5,9H2,1-2H3. The average molecular weight is 262 g/mol. The molecule has 0 saturated heterocycles. The molecule has 0 N–H and O–H groups in total. The predicted octanol–water partition coefficient (Wildman–Crippen LogP) is 3.03. The SMILES string of the molecule is CCN(CC1CC1)c1ccc([N+](=O)[O-])cc1C(C)=O. The van der Waals surface area contributed by atoms with Gasteiger partial charge in [-0.15, -0.1) is 0 Å². The van der Waals surface area contributed by atoms with Gasteiger partial charge in [-0.2, -0.15) is 0 Å². The lowest BCUT2D eigenvalue weighted by molar-refractivity contribution is -0.384. The van der Waals surface area contributed by atoms with E-state index in [2.05, 4.69) is 4.90 Å². The van der Waals surface area contributed by atoms with E-state index in [4.69, 9.17) is 0 Å². The molecule has 1 fully saturated rings. The number of benzene rings is 1. The molecular formula is C14H18N2O3. The summed E-state index contributed by atoms with van der Waals surface area (Å²) in [5, 5.41) is 10.8. The van der Waals surface area contributed by atoms with Crippen molar-refractivity contribution in [2.24, 2.45) is 5.92 Å². The maximum Gasteiger partial charge on any atom is 0.270 e. The molecular weight excluding hydrogens is 244 g/mol. The Morgan fingerprint density at radius 2 is 2.16 bits per heavy atom. The smallest absolute Gasteiger partial charge is 0.270 e. The molecule has 1 aromatic carbocycles. The number of ketones is 1. The molecule has 0 spiro atoms. The zero-order chi connectivity index (χ0) is 14.0. The maximum atomic E-state index is 11.7. The van der Waals surface area contributed by atoms with Crippen LogP contribution in [0.3, 0.4) is 0 Å². The van der Waals surface area contributed by atoms with Crippen LogP contribution >= 0.6 is 0 Å². The highest BCUT2D eigenvalue weighted by molar-refractivity contribution is 6.00. The molecule has 0 heterocycles. The summed E-state index contributed by atoms with van der Waals surface area (Å²) < 4.78 is 0. The van der Waals surface area contributed by atoms with E-state index >= 15 is 0 Å². The number of non-ortho nitro benzene ring substituents is 1. The van der Waals surface area contributed by atoms with Gasteiger partial charge in [0.15, 0.2) is 5.78 Å². The highest BCUT2D eigenvalue weighted by Crippen LogP contribution is 2.33. The lowest BCUT2D eigenvalue weighted by atomic mass is 10.1. The Morgan fingerprint density at radius 1 is 1.47 bits per heavy atom. The van der Waals surface area contributed by atoms with E-state index in [1.54, 1.807) is 6.07 Å². The molecule has 102 valence electrons. The van der Waals surface area contributed by atoms with Crippen molar-refractivity contribution in [2.45, 2.75) is 26.7 Å². The van der Waals surface area contributed by atoms with Gasteiger partial charge < -0.3 is 4.90 Å². The van der Waals surface area contributed by atoms with Crippen LogP contribution in [0, 0.1) is 16.0 Å². The number of hydrogen-bond donors (Lipinski definition) is 0. The van der Waals surface area contributed by atoms with Crippen LogP contribution in [0.15, 0.2) is 18.2 Å². The number of carbonyl (C=O) groups is 1. The minimum atomic E-state index is -0.465. The van der Waals surface area contributed by atoms with Crippen molar-refractivity contribution in [2.75, 3.05) is 18.0 Å². The van der Waals surface area contributed by atoms with Gasteiger partial charge in [-0.1, -0.05) is 0 Å². The van der Waals surface area contributed by atoms with Gasteiger partial charge in [0, 0.05) is 36.5 Å². The zero-order valence-corrected chi connectivity index (χ0v) is 11.3. The van der Waals surface area contributed by atoms with Gasteiger partial charge in [0.05, 0.1) is 4.92 Å². The Balaban J connectivity index is 2.36. The van der Waals surface area contributed by atoms with Gasteiger partial charge >= 0.3 is 0 Å². The topological polar surface area (TPSA) is 63.4 Å². The Bertz CT molecular complexity index is 509. The molecule has 0 radical (unpaired) electrons. The van der Waals surface area contributed by atoms with Gasteiger partial charge in [-0.25, -0.2) is 0 Å². The second-order valence-corrected chi connectivity index (χ2v) is 5.00. The van der Waals surface area contributed by atoms with Crippen molar-refractivity contribution in [3.8, 4) is 0 Å². The van der Waals surface area contributed by atoms with Gasteiger partial charge in [0.2, 0.25) is 0 Å². The zero-order valence-electron chi connectivity index (χ0n) is 11.3. The first kappa shape index (κ1) is 13.5. The van der Waals surface area contributed by atoms with Crippen LogP contribution in [-0.4, -0.2) is 23.8 Å². The summed E-state index contributed by atoms with van der Waals surface area (Å²) in [6, 6.07) is 4.55. The molecule has 0 unspecified atom stereocenters. The van der Waals surface area contributed by atoms with Crippen LogP contribution in [0.2, 0.25) is 0 Å². The highest BCUT2D eigenvalue weighted by atomic mass is 16.6. The Labute approximate surface area is 112 Å². The minimum absolute atomic E-state index is 0.0311. The molecule has 2 rings (SSSR count). The average Bonchev–Trinajstić information content (AvgIpc) is 3.19. The molecule has 1 aliphatic rings. The van der Waals surface area contributed by atoms with Gasteiger partial charge in [-0.3, -0.25) is 14.9 Å². The minimum Gasteiger partial charge on any atom is -0.371 e. The first-order valence-corrected chi connectivity index (χ1v) is 6.57. The number of hydrogen-bond acceptors (Lipinski definition) is 4. The summed E-state index contributed by atoms with van der Waals surface area (Å²) in [5.41, 5.74) is 1.22. The fraction of sp³-hybridized carbons (Fsp3) is 0.500. The summed E-state index contributed by atoms with van der Waals surface area (Å²) in [5.74, 6) is 0.572. The first-order chi connectivity index (χ1) is 9.02. The van der Waals surface area contributed by atoms with E-state index in [1.807, 2.05) is 6.92 Å². The van der Waals surface area contributed by atoms with Crippen LogP contribution < -0.4 is 4.90 Å². The number of nitro groups is 1. The van der Waals surface area contributed by atoms with Crippen LogP contribution in [0.25, 0.3) is 0 Å². The van der Waals surface area contributed by atoms with Crippen molar-refractivity contribution in [1.29, 1.82) is 0 Å². The van der Waals surface area contributed by atoms with Crippen LogP contribution in [0.4, 0.5) is 11.4 Å². The molecule has 19 heavy (non-hydrogen) atoms. The number of carbonyl (C=O) groups excluding carboxylic acids is 1. The molecule has 0 atom stereocenters. The third-order valence-electron chi connectivity index (χ3n) is 3.47. The normalized spacial score (nSPS) is 14.2. The molecule has 0 amide bonds. The number of rotatable bonds is 6. The molecule has 5 heteroatoms. The predicted molar refractivity (Wildman–Crippen MR) is 73.7 cm³/mol. The number of nitro benzene ring substituents is 1. The molecule has 1 aromatic rings.